The highest BCUT2D eigenvalue weighted by atomic mass is 127. The highest BCUT2D eigenvalue weighted by Gasteiger charge is 2.08. The second kappa shape index (κ2) is 12.2. The summed E-state index contributed by atoms with van der Waals surface area (Å²) in [6.07, 6.45) is 0. The molecule has 7 heteroatoms. The molecule has 2 aromatic carbocycles. The number of carbonyl (C=O) groups excluding carboxylic acids is 1. The number of hydrogen-bond donors (Lipinski definition) is 2. The van der Waals surface area contributed by atoms with Gasteiger partial charge in [0.05, 0.1) is 13.1 Å². The van der Waals surface area contributed by atoms with Crippen molar-refractivity contribution in [3.8, 4) is 11.5 Å². The van der Waals surface area contributed by atoms with E-state index in [1.165, 1.54) is 0 Å². The second-order valence-electron chi connectivity index (χ2n) is 6.36. The molecule has 0 atom stereocenters. The smallest absolute Gasteiger partial charge is 0.241 e. The molecule has 0 radical (unpaired) electrons. The van der Waals surface area contributed by atoms with Gasteiger partial charge in [-0.2, -0.15) is 0 Å². The molecule has 0 aliphatic rings. The van der Waals surface area contributed by atoms with Crippen molar-refractivity contribution in [3.05, 3.63) is 59.7 Å². The number of halogens is 1. The maximum Gasteiger partial charge on any atom is 0.241 e. The van der Waals surface area contributed by atoms with Crippen LogP contribution in [-0.2, 0) is 11.3 Å². The lowest BCUT2D eigenvalue weighted by Gasteiger charge is -2.15. The van der Waals surface area contributed by atoms with E-state index >= 15 is 0 Å². The SMILES string of the molecule is CCNC(=NCc1ccc(C)cc1Oc1ccccc1)NCC(=O)N(C)C.I. The molecule has 0 aliphatic heterocycles. The fourth-order valence-electron chi connectivity index (χ4n) is 2.33. The Labute approximate surface area is 184 Å². The number of amides is 1. The Morgan fingerprint density at radius 3 is 2.46 bits per heavy atom. The van der Waals surface area contributed by atoms with Gasteiger partial charge in [0.1, 0.15) is 11.5 Å². The van der Waals surface area contributed by atoms with Crippen molar-refractivity contribution in [2.75, 3.05) is 27.2 Å². The molecule has 0 aromatic heterocycles. The van der Waals surface area contributed by atoms with E-state index in [2.05, 4.69) is 15.6 Å². The molecule has 0 bridgehead atoms. The Kier molecular flexibility index (Phi) is 10.4. The van der Waals surface area contributed by atoms with Gasteiger partial charge in [0, 0.05) is 26.2 Å². The topological polar surface area (TPSA) is 66.0 Å². The number of aliphatic imine (C=N–C) groups is 1. The molecule has 28 heavy (non-hydrogen) atoms. The average Bonchev–Trinajstić information content (AvgIpc) is 2.65. The van der Waals surface area contributed by atoms with E-state index in [-0.39, 0.29) is 36.4 Å². The molecule has 2 N–H and O–H groups in total. The molecule has 1 amide bonds. The first-order chi connectivity index (χ1) is 13.0. The van der Waals surface area contributed by atoms with Crippen LogP contribution in [0, 0.1) is 6.92 Å². The summed E-state index contributed by atoms with van der Waals surface area (Å²) in [5, 5.41) is 6.21. The minimum atomic E-state index is -0.0101. The van der Waals surface area contributed by atoms with Gasteiger partial charge in [0.2, 0.25) is 5.91 Å². The van der Waals surface area contributed by atoms with Crippen molar-refractivity contribution in [3.63, 3.8) is 0 Å². The largest absolute Gasteiger partial charge is 0.457 e. The molecule has 0 saturated carbocycles. The molecule has 152 valence electrons. The number of aryl methyl sites for hydroxylation is 1. The third-order valence-corrected chi connectivity index (χ3v) is 3.85. The van der Waals surface area contributed by atoms with Gasteiger partial charge in [-0.25, -0.2) is 4.99 Å². The van der Waals surface area contributed by atoms with Crippen molar-refractivity contribution in [1.82, 2.24) is 15.5 Å². The molecule has 0 spiro atoms. The van der Waals surface area contributed by atoms with Crippen LogP contribution < -0.4 is 15.4 Å². The number of guanidine groups is 1. The van der Waals surface area contributed by atoms with Gasteiger partial charge in [-0.05, 0) is 37.6 Å². The molecule has 0 aliphatic carbocycles. The number of benzene rings is 2. The van der Waals surface area contributed by atoms with E-state index < -0.39 is 0 Å². The fraction of sp³-hybridized carbons (Fsp3) is 0.333. The van der Waals surface area contributed by atoms with Crippen LogP contribution in [-0.4, -0.2) is 44.0 Å². The summed E-state index contributed by atoms with van der Waals surface area (Å²) in [4.78, 5) is 17.9. The predicted octanol–water partition coefficient (Wildman–Crippen LogP) is 3.55. The van der Waals surface area contributed by atoms with Gasteiger partial charge in [0.15, 0.2) is 5.96 Å². The molecular weight excluding hydrogens is 467 g/mol. The standard InChI is InChI=1S/C21H28N4O2.HI/c1-5-22-21(24-15-20(26)25(3)4)23-14-17-12-11-16(2)13-19(17)27-18-9-7-6-8-10-18;/h6-13H,5,14-15H2,1-4H3,(H2,22,23,24);1H. The summed E-state index contributed by atoms with van der Waals surface area (Å²) in [7, 11) is 3.46. The fourth-order valence-corrected chi connectivity index (χ4v) is 2.33. The Morgan fingerprint density at radius 2 is 1.82 bits per heavy atom. The van der Waals surface area contributed by atoms with Gasteiger partial charge in [0.25, 0.3) is 0 Å². The third kappa shape index (κ3) is 7.75. The van der Waals surface area contributed by atoms with Crippen molar-refractivity contribution in [1.29, 1.82) is 0 Å². The maximum absolute atomic E-state index is 11.8. The molecule has 0 saturated heterocycles. The summed E-state index contributed by atoms with van der Waals surface area (Å²) >= 11 is 0. The van der Waals surface area contributed by atoms with E-state index in [9.17, 15) is 4.79 Å². The number of likely N-dealkylation sites (N-methyl/N-ethyl adjacent to an activating group) is 1. The van der Waals surface area contributed by atoms with Crippen molar-refractivity contribution in [2.45, 2.75) is 20.4 Å². The zero-order chi connectivity index (χ0) is 19.6. The number of nitrogens with zero attached hydrogens (tertiary/aromatic N) is 2. The monoisotopic (exact) mass is 496 g/mol. The summed E-state index contributed by atoms with van der Waals surface area (Å²) < 4.78 is 6.04. The van der Waals surface area contributed by atoms with Crippen molar-refractivity contribution in [2.24, 2.45) is 4.99 Å². The average molecular weight is 496 g/mol. The molecule has 6 nitrogen and oxygen atoms in total. The Morgan fingerprint density at radius 1 is 1.11 bits per heavy atom. The predicted molar refractivity (Wildman–Crippen MR) is 125 cm³/mol. The number of ether oxygens (including phenoxy) is 1. The van der Waals surface area contributed by atoms with Crippen LogP contribution in [0.1, 0.15) is 18.1 Å². The van der Waals surface area contributed by atoms with E-state index in [1.54, 1.807) is 19.0 Å². The van der Waals surface area contributed by atoms with Crippen LogP contribution in [0.4, 0.5) is 0 Å². The number of para-hydroxylation sites is 1. The van der Waals surface area contributed by atoms with E-state index in [4.69, 9.17) is 4.74 Å². The van der Waals surface area contributed by atoms with Gasteiger partial charge in [-0.15, -0.1) is 24.0 Å². The minimum Gasteiger partial charge on any atom is -0.457 e. The van der Waals surface area contributed by atoms with Crippen molar-refractivity contribution < 1.29 is 9.53 Å². The van der Waals surface area contributed by atoms with Crippen LogP contribution in [0.15, 0.2) is 53.5 Å². The van der Waals surface area contributed by atoms with Gasteiger partial charge in [-0.3, -0.25) is 4.79 Å². The molecule has 0 fully saturated rings. The van der Waals surface area contributed by atoms with Gasteiger partial charge in [-0.1, -0.05) is 30.3 Å². The van der Waals surface area contributed by atoms with Crippen LogP contribution in [0.25, 0.3) is 0 Å². The summed E-state index contributed by atoms with van der Waals surface area (Å²) in [6.45, 7) is 5.36. The lowest BCUT2D eigenvalue weighted by Crippen LogP contribution is -2.42. The first kappa shape index (κ1) is 23.7. The zero-order valence-corrected chi connectivity index (χ0v) is 19.2. The lowest BCUT2D eigenvalue weighted by molar-refractivity contribution is -0.127. The summed E-state index contributed by atoms with van der Waals surface area (Å²) in [5.74, 6) is 2.16. The highest BCUT2D eigenvalue weighted by molar-refractivity contribution is 14.0. The van der Waals surface area contributed by atoms with E-state index in [0.717, 1.165) is 22.6 Å². The normalized spacial score (nSPS) is 10.6. The van der Waals surface area contributed by atoms with Crippen molar-refractivity contribution >= 4 is 35.8 Å². The molecular formula is C21H29IN4O2. The first-order valence-electron chi connectivity index (χ1n) is 9.04. The lowest BCUT2D eigenvalue weighted by atomic mass is 10.1. The number of nitrogens with one attached hydrogen (secondary N) is 2. The van der Waals surface area contributed by atoms with E-state index in [1.807, 2.05) is 62.4 Å². The molecule has 0 unspecified atom stereocenters. The van der Waals surface area contributed by atoms with Gasteiger partial charge >= 0.3 is 0 Å². The highest BCUT2D eigenvalue weighted by Crippen LogP contribution is 2.27. The number of hydrogen-bond acceptors (Lipinski definition) is 3. The van der Waals surface area contributed by atoms with Crippen LogP contribution >= 0.6 is 24.0 Å². The quantitative estimate of drug-likeness (QED) is 0.350. The summed E-state index contributed by atoms with van der Waals surface area (Å²) in [6, 6.07) is 15.8. The maximum atomic E-state index is 11.8. The first-order valence-corrected chi connectivity index (χ1v) is 9.04. The zero-order valence-electron chi connectivity index (χ0n) is 16.9. The molecule has 2 rings (SSSR count). The second-order valence-corrected chi connectivity index (χ2v) is 6.36. The summed E-state index contributed by atoms with van der Waals surface area (Å²) in [5.41, 5.74) is 2.09. The number of carbonyl (C=O) groups is 1. The molecule has 2 aromatic rings. The molecule has 0 heterocycles. The van der Waals surface area contributed by atoms with E-state index in [0.29, 0.717) is 19.0 Å². The van der Waals surface area contributed by atoms with Gasteiger partial charge < -0.3 is 20.3 Å². The Bertz CT molecular complexity index is 779. The van der Waals surface area contributed by atoms with Crippen LogP contribution in [0.5, 0.6) is 11.5 Å². The third-order valence-electron chi connectivity index (χ3n) is 3.85. The number of rotatable bonds is 7. The van der Waals surface area contributed by atoms with Crippen LogP contribution in [0.2, 0.25) is 0 Å². The Balaban J connectivity index is 0.00000392. The van der Waals surface area contributed by atoms with Crippen LogP contribution in [0.3, 0.4) is 0 Å². The minimum absolute atomic E-state index is 0. The Hall–Kier alpha value is -2.29.